The van der Waals surface area contributed by atoms with Crippen LogP contribution in [0.5, 0.6) is 0 Å². The van der Waals surface area contributed by atoms with E-state index in [0.29, 0.717) is 11.5 Å². The maximum Gasteiger partial charge on any atom is 0.277 e. The molecule has 0 fully saturated rings. The molecule has 7 nitrogen and oxygen atoms in total. The van der Waals surface area contributed by atoms with Crippen LogP contribution in [0.1, 0.15) is 40.6 Å². The van der Waals surface area contributed by atoms with Gasteiger partial charge >= 0.3 is 0 Å². The third-order valence-corrected chi connectivity index (χ3v) is 4.44. The van der Waals surface area contributed by atoms with Gasteiger partial charge in [0.25, 0.3) is 5.91 Å². The summed E-state index contributed by atoms with van der Waals surface area (Å²) in [6.07, 6.45) is 3.72. The lowest BCUT2D eigenvalue weighted by molar-refractivity contribution is 0.102. The fourth-order valence-electron chi connectivity index (χ4n) is 3.04. The van der Waals surface area contributed by atoms with Crippen LogP contribution in [0.4, 0.5) is 5.82 Å². The van der Waals surface area contributed by atoms with E-state index in [1.807, 2.05) is 42.1 Å². The molecule has 2 aromatic heterocycles. The zero-order valence-corrected chi connectivity index (χ0v) is 14.0. The standard InChI is InChI=1S/C18H20N6O/c1-12-4-6-13(7-5-12)23-10-8-17(22-23)20-18(25)15-11-16-14(19)3-2-9-24(16)21-15/h4-8,10-11,14H,2-3,9,19H2,1H3,(H,20,22,25). The van der Waals surface area contributed by atoms with Gasteiger partial charge in [-0.2, -0.15) is 10.2 Å². The third-order valence-electron chi connectivity index (χ3n) is 4.44. The number of hydrogen-bond acceptors (Lipinski definition) is 4. The van der Waals surface area contributed by atoms with Crippen molar-refractivity contribution in [3.63, 3.8) is 0 Å². The van der Waals surface area contributed by atoms with E-state index in [1.54, 1.807) is 16.8 Å². The molecule has 1 aromatic carbocycles. The molecule has 1 aliphatic heterocycles. The van der Waals surface area contributed by atoms with Crippen LogP contribution < -0.4 is 11.1 Å². The van der Waals surface area contributed by atoms with Crippen LogP contribution in [-0.4, -0.2) is 25.5 Å². The summed E-state index contributed by atoms with van der Waals surface area (Å²) in [5.74, 6) is 0.212. The largest absolute Gasteiger partial charge is 0.323 e. The SMILES string of the molecule is Cc1ccc(-n2ccc(NC(=O)c3cc4n(n3)CCCC4N)n2)cc1. The van der Waals surface area contributed by atoms with Crippen LogP contribution >= 0.6 is 0 Å². The van der Waals surface area contributed by atoms with E-state index in [-0.39, 0.29) is 11.9 Å². The summed E-state index contributed by atoms with van der Waals surface area (Å²) >= 11 is 0. The molecule has 0 aliphatic carbocycles. The number of benzene rings is 1. The topological polar surface area (TPSA) is 90.8 Å². The first-order valence-corrected chi connectivity index (χ1v) is 8.37. The zero-order valence-electron chi connectivity index (χ0n) is 14.0. The Balaban J connectivity index is 1.51. The Bertz CT molecular complexity index is 908. The molecule has 3 aromatic rings. The van der Waals surface area contributed by atoms with Gasteiger partial charge < -0.3 is 11.1 Å². The molecule has 0 saturated heterocycles. The van der Waals surface area contributed by atoms with Crippen LogP contribution in [0.2, 0.25) is 0 Å². The van der Waals surface area contributed by atoms with Gasteiger partial charge in [-0.3, -0.25) is 9.48 Å². The molecule has 3 N–H and O–H groups in total. The molecule has 7 heteroatoms. The van der Waals surface area contributed by atoms with Crippen molar-refractivity contribution >= 4 is 11.7 Å². The van der Waals surface area contributed by atoms with Crippen molar-refractivity contribution in [2.75, 3.05) is 5.32 Å². The molecule has 0 spiro atoms. The van der Waals surface area contributed by atoms with Crippen LogP contribution in [0, 0.1) is 6.92 Å². The number of nitrogens with one attached hydrogen (secondary N) is 1. The van der Waals surface area contributed by atoms with Crippen LogP contribution in [0.3, 0.4) is 0 Å². The second-order valence-corrected chi connectivity index (χ2v) is 6.36. The lowest BCUT2D eigenvalue weighted by Crippen LogP contribution is -2.21. The monoisotopic (exact) mass is 336 g/mol. The van der Waals surface area contributed by atoms with E-state index in [2.05, 4.69) is 15.5 Å². The molecule has 1 aliphatic rings. The predicted molar refractivity (Wildman–Crippen MR) is 94.6 cm³/mol. The molecule has 3 heterocycles. The Morgan fingerprint density at radius 1 is 1.24 bits per heavy atom. The van der Waals surface area contributed by atoms with E-state index in [1.165, 1.54) is 5.56 Å². The smallest absolute Gasteiger partial charge is 0.277 e. The number of rotatable bonds is 3. The number of nitrogens with two attached hydrogens (primary N) is 1. The Morgan fingerprint density at radius 2 is 2.04 bits per heavy atom. The highest BCUT2D eigenvalue weighted by Crippen LogP contribution is 2.23. The van der Waals surface area contributed by atoms with Crippen molar-refractivity contribution < 1.29 is 4.79 Å². The Morgan fingerprint density at radius 3 is 2.80 bits per heavy atom. The number of aromatic nitrogens is 4. The number of fused-ring (bicyclic) bond motifs is 1. The Labute approximate surface area is 145 Å². The van der Waals surface area contributed by atoms with E-state index >= 15 is 0 Å². The molecule has 25 heavy (non-hydrogen) atoms. The summed E-state index contributed by atoms with van der Waals surface area (Å²) in [7, 11) is 0. The normalized spacial score (nSPS) is 16.5. The molecule has 1 amide bonds. The maximum absolute atomic E-state index is 12.5. The van der Waals surface area contributed by atoms with Gasteiger partial charge in [0.2, 0.25) is 0 Å². The quantitative estimate of drug-likeness (QED) is 0.768. The molecule has 0 radical (unpaired) electrons. The summed E-state index contributed by atoms with van der Waals surface area (Å²) in [6.45, 7) is 2.84. The number of aryl methyl sites for hydroxylation is 2. The highest BCUT2D eigenvalue weighted by atomic mass is 16.2. The highest BCUT2D eigenvalue weighted by Gasteiger charge is 2.22. The van der Waals surface area contributed by atoms with Crippen molar-refractivity contribution in [3.05, 3.63) is 59.5 Å². The molecular formula is C18H20N6O. The van der Waals surface area contributed by atoms with E-state index in [9.17, 15) is 4.79 Å². The number of carbonyl (C=O) groups is 1. The van der Waals surface area contributed by atoms with Gasteiger partial charge in [0.05, 0.1) is 11.4 Å². The third kappa shape index (κ3) is 3.06. The minimum atomic E-state index is -0.275. The van der Waals surface area contributed by atoms with Crippen molar-refractivity contribution in [1.29, 1.82) is 0 Å². The maximum atomic E-state index is 12.5. The minimum absolute atomic E-state index is 0.0523. The predicted octanol–water partition coefficient (Wildman–Crippen LogP) is 2.42. The molecule has 0 bridgehead atoms. The summed E-state index contributed by atoms with van der Waals surface area (Å²) in [6, 6.07) is 11.5. The average molecular weight is 336 g/mol. The average Bonchev–Trinajstić information content (AvgIpc) is 3.23. The summed E-state index contributed by atoms with van der Waals surface area (Å²) in [4.78, 5) is 12.5. The van der Waals surface area contributed by atoms with Crippen molar-refractivity contribution in [2.45, 2.75) is 32.4 Å². The first-order valence-electron chi connectivity index (χ1n) is 8.37. The summed E-state index contributed by atoms with van der Waals surface area (Å²) in [5.41, 5.74) is 9.50. The number of hydrogen-bond donors (Lipinski definition) is 2. The van der Waals surface area contributed by atoms with E-state index < -0.39 is 0 Å². The van der Waals surface area contributed by atoms with Gasteiger partial charge in [-0.15, -0.1) is 0 Å². The van der Waals surface area contributed by atoms with Crippen LogP contribution in [-0.2, 0) is 6.54 Å². The molecule has 0 saturated carbocycles. The van der Waals surface area contributed by atoms with Crippen LogP contribution in [0.25, 0.3) is 5.69 Å². The number of carbonyl (C=O) groups excluding carboxylic acids is 1. The fourth-order valence-corrected chi connectivity index (χ4v) is 3.04. The van der Waals surface area contributed by atoms with E-state index in [0.717, 1.165) is 30.8 Å². The Hall–Kier alpha value is -2.93. The lowest BCUT2D eigenvalue weighted by Gasteiger charge is -2.19. The fraction of sp³-hybridized carbons (Fsp3) is 0.278. The minimum Gasteiger partial charge on any atom is -0.323 e. The Kier molecular flexibility index (Phi) is 3.85. The van der Waals surface area contributed by atoms with E-state index in [4.69, 9.17) is 5.73 Å². The second-order valence-electron chi connectivity index (χ2n) is 6.36. The van der Waals surface area contributed by atoms with Crippen LogP contribution in [0.15, 0.2) is 42.6 Å². The molecule has 1 atom stereocenters. The second kappa shape index (κ2) is 6.18. The summed E-state index contributed by atoms with van der Waals surface area (Å²) < 4.78 is 3.55. The van der Waals surface area contributed by atoms with Gasteiger partial charge in [0.1, 0.15) is 0 Å². The van der Waals surface area contributed by atoms with Gasteiger partial charge in [-0.1, -0.05) is 17.7 Å². The molecule has 128 valence electrons. The van der Waals surface area contributed by atoms with Gasteiger partial charge in [0, 0.05) is 24.8 Å². The first-order chi connectivity index (χ1) is 12.1. The van der Waals surface area contributed by atoms with Crippen molar-refractivity contribution in [3.8, 4) is 5.69 Å². The molecule has 1 unspecified atom stereocenters. The van der Waals surface area contributed by atoms with Crippen molar-refractivity contribution in [1.82, 2.24) is 19.6 Å². The molecular weight excluding hydrogens is 316 g/mol. The van der Waals surface area contributed by atoms with Crippen molar-refractivity contribution in [2.24, 2.45) is 5.73 Å². The first kappa shape index (κ1) is 15.6. The molecule has 4 rings (SSSR count). The van der Waals surface area contributed by atoms with Gasteiger partial charge in [-0.25, -0.2) is 4.68 Å². The van der Waals surface area contributed by atoms with Gasteiger partial charge in [-0.05, 0) is 38.0 Å². The lowest BCUT2D eigenvalue weighted by atomic mass is 10.1. The zero-order chi connectivity index (χ0) is 17.4. The van der Waals surface area contributed by atoms with Gasteiger partial charge in [0.15, 0.2) is 11.5 Å². The number of nitrogens with zero attached hydrogens (tertiary/aromatic N) is 4. The highest BCUT2D eigenvalue weighted by molar-refractivity contribution is 6.02. The number of anilines is 1. The summed E-state index contributed by atoms with van der Waals surface area (Å²) in [5, 5.41) is 11.6. The number of amides is 1.